The molecule has 2 aromatic rings. The molecular formula is C18H22ClN3O. The minimum Gasteiger partial charge on any atom is -0.497 e. The van der Waals surface area contributed by atoms with Crippen LogP contribution in [0.1, 0.15) is 18.1 Å². The summed E-state index contributed by atoms with van der Waals surface area (Å²) < 4.78 is 5.23. The maximum atomic E-state index is 5.90. The highest BCUT2D eigenvalue weighted by Crippen LogP contribution is 2.13. The predicted octanol–water partition coefficient (Wildman–Crippen LogP) is 3.60. The summed E-state index contributed by atoms with van der Waals surface area (Å²) in [5.41, 5.74) is 2.26. The summed E-state index contributed by atoms with van der Waals surface area (Å²) >= 11 is 5.90. The lowest BCUT2D eigenvalue weighted by atomic mass is 10.2. The average molecular weight is 332 g/mol. The van der Waals surface area contributed by atoms with Crippen molar-refractivity contribution in [3.8, 4) is 5.75 Å². The van der Waals surface area contributed by atoms with Gasteiger partial charge in [-0.2, -0.15) is 0 Å². The van der Waals surface area contributed by atoms with Crippen molar-refractivity contribution in [3.05, 3.63) is 64.7 Å². The number of methoxy groups -OCH3 is 1. The molecule has 0 atom stereocenters. The van der Waals surface area contributed by atoms with Crippen LogP contribution in [0.3, 0.4) is 0 Å². The minimum absolute atomic E-state index is 0.590. The molecule has 0 aliphatic carbocycles. The highest BCUT2D eigenvalue weighted by molar-refractivity contribution is 6.30. The first-order chi connectivity index (χ1) is 11.2. The molecule has 122 valence electrons. The van der Waals surface area contributed by atoms with Crippen molar-refractivity contribution in [1.82, 2.24) is 10.6 Å². The van der Waals surface area contributed by atoms with Gasteiger partial charge >= 0.3 is 0 Å². The predicted molar refractivity (Wildman–Crippen MR) is 96.1 cm³/mol. The van der Waals surface area contributed by atoms with E-state index in [1.54, 1.807) is 7.11 Å². The Morgan fingerprint density at radius 1 is 1.09 bits per heavy atom. The zero-order valence-corrected chi connectivity index (χ0v) is 14.2. The van der Waals surface area contributed by atoms with Gasteiger partial charge in [0, 0.05) is 18.1 Å². The number of rotatable bonds is 6. The van der Waals surface area contributed by atoms with E-state index in [1.165, 1.54) is 0 Å². The van der Waals surface area contributed by atoms with Crippen LogP contribution in [0.2, 0.25) is 5.02 Å². The molecule has 0 saturated heterocycles. The maximum Gasteiger partial charge on any atom is 0.191 e. The lowest BCUT2D eigenvalue weighted by Crippen LogP contribution is -2.36. The second kappa shape index (κ2) is 9.06. The molecule has 5 heteroatoms. The molecule has 0 amide bonds. The zero-order chi connectivity index (χ0) is 16.5. The lowest BCUT2D eigenvalue weighted by molar-refractivity contribution is 0.414. The van der Waals surface area contributed by atoms with E-state index in [9.17, 15) is 0 Å². The first-order valence-corrected chi connectivity index (χ1v) is 7.98. The monoisotopic (exact) mass is 331 g/mol. The third-order valence-corrected chi connectivity index (χ3v) is 3.52. The van der Waals surface area contributed by atoms with Crippen molar-refractivity contribution >= 4 is 17.6 Å². The van der Waals surface area contributed by atoms with Gasteiger partial charge in [-0.1, -0.05) is 35.9 Å². The van der Waals surface area contributed by atoms with Gasteiger partial charge in [-0.05, 0) is 42.3 Å². The van der Waals surface area contributed by atoms with E-state index in [-0.39, 0.29) is 0 Å². The first kappa shape index (κ1) is 17.2. The van der Waals surface area contributed by atoms with Crippen LogP contribution in [0.4, 0.5) is 0 Å². The van der Waals surface area contributed by atoms with Crippen molar-refractivity contribution in [2.75, 3.05) is 13.7 Å². The fraction of sp³-hybridized carbons (Fsp3) is 0.278. The second-order valence-corrected chi connectivity index (χ2v) is 5.46. The third-order valence-electron chi connectivity index (χ3n) is 3.27. The zero-order valence-electron chi connectivity index (χ0n) is 13.5. The summed E-state index contributed by atoms with van der Waals surface area (Å²) in [6.07, 6.45) is 0. The van der Waals surface area contributed by atoms with Crippen molar-refractivity contribution in [2.45, 2.75) is 20.0 Å². The summed E-state index contributed by atoms with van der Waals surface area (Å²) in [5, 5.41) is 7.31. The summed E-state index contributed by atoms with van der Waals surface area (Å²) in [5.74, 6) is 1.63. The molecule has 0 heterocycles. The molecule has 0 aliphatic rings. The van der Waals surface area contributed by atoms with Crippen LogP contribution in [-0.4, -0.2) is 19.6 Å². The lowest BCUT2D eigenvalue weighted by Gasteiger charge is -2.11. The van der Waals surface area contributed by atoms with E-state index < -0.39 is 0 Å². The molecule has 0 spiro atoms. The van der Waals surface area contributed by atoms with Crippen LogP contribution in [0.15, 0.2) is 53.5 Å². The maximum absolute atomic E-state index is 5.90. The number of aliphatic imine (C=N–C) groups is 1. The van der Waals surface area contributed by atoms with E-state index >= 15 is 0 Å². The summed E-state index contributed by atoms with van der Waals surface area (Å²) in [6.45, 7) is 4.14. The quantitative estimate of drug-likeness (QED) is 0.628. The van der Waals surface area contributed by atoms with E-state index in [4.69, 9.17) is 16.3 Å². The van der Waals surface area contributed by atoms with E-state index in [0.717, 1.165) is 34.4 Å². The van der Waals surface area contributed by atoms with Crippen molar-refractivity contribution in [2.24, 2.45) is 4.99 Å². The van der Waals surface area contributed by atoms with Gasteiger partial charge in [-0.15, -0.1) is 0 Å². The molecule has 4 nitrogen and oxygen atoms in total. The van der Waals surface area contributed by atoms with Crippen molar-refractivity contribution in [3.63, 3.8) is 0 Å². The fourth-order valence-corrected chi connectivity index (χ4v) is 2.20. The molecule has 2 rings (SSSR count). The van der Waals surface area contributed by atoms with Crippen molar-refractivity contribution < 1.29 is 4.74 Å². The van der Waals surface area contributed by atoms with Gasteiger partial charge in [0.2, 0.25) is 0 Å². The molecule has 0 radical (unpaired) electrons. The Labute approximate surface area is 142 Å². The Balaban J connectivity index is 1.97. The molecular weight excluding hydrogens is 310 g/mol. The van der Waals surface area contributed by atoms with Gasteiger partial charge in [-0.3, -0.25) is 0 Å². The molecule has 0 saturated carbocycles. The van der Waals surface area contributed by atoms with Gasteiger partial charge in [0.25, 0.3) is 0 Å². The Morgan fingerprint density at radius 2 is 1.87 bits per heavy atom. The van der Waals surface area contributed by atoms with E-state index in [1.807, 2.05) is 55.5 Å². The van der Waals surface area contributed by atoms with Crippen molar-refractivity contribution in [1.29, 1.82) is 0 Å². The van der Waals surface area contributed by atoms with Crippen LogP contribution in [-0.2, 0) is 13.1 Å². The van der Waals surface area contributed by atoms with Gasteiger partial charge in [0.15, 0.2) is 5.96 Å². The number of benzene rings is 2. The topological polar surface area (TPSA) is 45.7 Å². The number of halogens is 1. The van der Waals surface area contributed by atoms with Gasteiger partial charge < -0.3 is 15.4 Å². The van der Waals surface area contributed by atoms with Crippen LogP contribution in [0, 0.1) is 0 Å². The smallest absolute Gasteiger partial charge is 0.191 e. The summed E-state index contributed by atoms with van der Waals surface area (Å²) in [6, 6.07) is 15.7. The number of nitrogens with one attached hydrogen (secondary N) is 2. The van der Waals surface area contributed by atoms with E-state index in [2.05, 4.69) is 15.6 Å². The number of guanidine groups is 1. The van der Waals surface area contributed by atoms with Gasteiger partial charge in [0.05, 0.1) is 13.7 Å². The standard InChI is InChI=1S/C18H22ClN3O/c1-3-20-18(21-12-14-7-9-16(19)10-8-14)22-13-15-5-4-6-17(11-15)23-2/h4-11H,3,12-13H2,1-2H3,(H2,20,21,22). The highest BCUT2D eigenvalue weighted by Gasteiger charge is 2.00. The Bertz CT molecular complexity index is 641. The van der Waals surface area contributed by atoms with Crippen LogP contribution < -0.4 is 15.4 Å². The fourth-order valence-electron chi connectivity index (χ4n) is 2.07. The van der Waals surface area contributed by atoms with E-state index in [0.29, 0.717) is 13.1 Å². The number of nitrogens with zero attached hydrogens (tertiary/aromatic N) is 1. The molecule has 2 N–H and O–H groups in total. The van der Waals surface area contributed by atoms with Crippen LogP contribution in [0.25, 0.3) is 0 Å². The first-order valence-electron chi connectivity index (χ1n) is 7.61. The normalized spacial score (nSPS) is 11.2. The number of hydrogen-bond donors (Lipinski definition) is 2. The Hall–Kier alpha value is -2.20. The number of ether oxygens (including phenoxy) is 1. The highest BCUT2D eigenvalue weighted by atomic mass is 35.5. The molecule has 23 heavy (non-hydrogen) atoms. The minimum atomic E-state index is 0.590. The molecule has 2 aromatic carbocycles. The Morgan fingerprint density at radius 3 is 2.57 bits per heavy atom. The SMILES string of the molecule is CCNC(=NCc1cccc(OC)c1)NCc1ccc(Cl)cc1. The van der Waals surface area contributed by atoms with Crippen LogP contribution in [0.5, 0.6) is 5.75 Å². The largest absolute Gasteiger partial charge is 0.497 e. The second-order valence-electron chi connectivity index (χ2n) is 5.03. The van der Waals surface area contributed by atoms with Gasteiger partial charge in [-0.25, -0.2) is 4.99 Å². The molecule has 0 fully saturated rings. The molecule has 0 aliphatic heterocycles. The molecule has 0 bridgehead atoms. The summed E-state index contributed by atoms with van der Waals surface area (Å²) in [7, 11) is 1.67. The molecule has 0 unspecified atom stereocenters. The number of hydrogen-bond acceptors (Lipinski definition) is 2. The van der Waals surface area contributed by atoms with Gasteiger partial charge in [0.1, 0.15) is 5.75 Å². The Kier molecular flexibility index (Phi) is 6.76. The molecule has 0 aromatic heterocycles. The summed E-state index contributed by atoms with van der Waals surface area (Å²) in [4.78, 5) is 4.60. The average Bonchev–Trinajstić information content (AvgIpc) is 2.59. The third kappa shape index (κ3) is 5.83. The van der Waals surface area contributed by atoms with Crippen LogP contribution >= 0.6 is 11.6 Å².